The SMILES string of the molecule is CC(C)CNC(=O)C12CCC(N)(CC1)C2. The first kappa shape index (κ1) is 10.9. The highest BCUT2D eigenvalue weighted by atomic mass is 16.2. The van der Waals surface area contributed by atoms with Crippen molar-refractivity contribution in [1.82, 2.24) is 5.32 Å². The Hall–Kier alpha value is -0.570. The molecule has 0 atom stereocenters. The average Bonchev–Trinajstić information content (AvgIpc) is 2.68. The molecule has 0 unspecified atom stereocenters. The smallest absolute Gasteiger partial charge is 0.226 e. The van der Waals surface area contributed by atoms with Crippen LogP contribution in [-0.2, 0) is 4.79 Å². The summed E-state index contributed by atoms with van der Waals surface area (Å²) >= 11 is 0. The Morgan fingerprint density at radius 2 is 1.93 bits per heavy atom. The summed E-state index contributed by atoms with van der Waals surface area (Å²) in [6, 6.07) is 0. The van der Waals surface area contributed by atoms with E-state index in [9.17, 15) is 4.79 Å². The van der Waals surface area contributed by atoms with Gasteiger partial charge in [0.25, 0.3) is 0 Å². The van der Waals surface area contributed by atoms with Crippen molar-refractivity contribution >= 4 is 5.91 Å². The van der Waals surface area contributed by atoms with Crippen LogP contribution in [0.1, 0.15) is 46.0 Å². The lowest BCUT2D eigenvalue weighted by Gasteiger charge is -2.25. The maximum Gasteiger partial charge on any atom is 0.226 e. The number of carbonyl (C=O) groups is 1. The average molecular weight is 210 g/mol. The van der Waals surface area contributed by atoms with E-state index in [0.717, 1.165) is 38.6 Å². The summed E-state index contributed by atoms with van der Waals surface area (Å²) in [5.74, 6) is 0.775. The van der Waals surface area contributed by atoms with E-state index in [4.69, 9.17) is 5.73 Å². The summed E-state index contributed by atoms with van der Waals surface area (Å²) in [5.41, 5.74) is 6.07. The summed E-state index contributed by atoms with van der Waals surface area (Å²) in [6.45, 7) is 5.03. The van der Waals surface area contributed by atoms with Crippen LogP contribution in [0, 0.1) is 11.3 Å². The first-order valence-corrected chi connectivity index (χ1v) is 6.03. The van der Waals surface area contributed by atoms with E-state index in [1.165, 1.54) is 0 Å². The van der Waals surface area contributed by atoms with E-state index in [1.54, 1.807) is 0 Å². The third kappa shape index (κ3) is 1.89. The van der Waals surface area contributed by atoms with Gasteiger partial charge in [0.1, 0.15) is 0 Å². The number of carbonyl (C=O) groups excluding carboxylic acids is 1. The van der Waals surface area contributed by atoms with Gasteiger partial charge in [0.15, 0.2) is 0 Å². The topological polar surface area (TPSA) is 55.1 Å². The third-order valence-electron chi connectivity index (χ3n) is 4.05. The number of nitrogens with one attached hydrogen (secondary N) is 1. The highest BCUT2D eigenvalue weighted by Crippen LogP contribution is 2.55. The Balaban J connectivity index is 1.96. The van der Waals surface area contributed by atoms with Crippen LogP contribution in [0.25, 0.3) is 0 Å². The Labute approximate surface area is 91.8 Å². The molecule has 3 N–H and O–H groups in total. The fourth-order valence-corrected chi connectivity index (χ4v) is 3.05. The van der Waals surface area contributed by atoms with Crippen molar-refractivity contribution < 1.29 is 4.79 Å². The van der Waals surface area contributed by atoms with Crippen LogP contribution >= 0.6 is 0 Å². The van der Waals surface area contributed by atoms with E-state index in [0.29, 0.717) is 5.92 Å². The second-order valence-corrected chi connectivity index (χ2v) is 5.92. The molecule has 15 heavy (non-hydrogen) atoms. The van der Waals surface area contributed by atoms with E-state index >= 15 is 0 Å². The largest absolute Gasteiger partial charge is 0.355 e. The Morgan fingerprint density at radius 1 is 1.33 bits per heavy atom. The normalized spacial score (nSPS) is 38.7. The molecule has 0 aromatic rings. The molecule has 2 rings (SSSR count). The van der Waals surface area contributed by atoms with Gasteiger partial charge >= 0.3 is 0 Å². The maximum atomic E-state index is 12.1. The fourth-order valence-electron chi connectivity index (χ4n) is 3.05. The first-order chi connectivity index (χ1) is 6.96. The van der Waals surface area contributed by atoms with E-state index in [2.05, 4.69) is 19.2 Å². The van der Waals surface area contributed by atoms with Crippen LogP contribution in [-0.4, -0.2) is 18.0 Å². The summed E-state index contributed by atoms with van der Waals surface area (Å²) < 4.78 is 0. The van der Waals surface area contributed by atoms with Crippen molar-refractivity contribution in [2.45, 2.75) is 51.5 Å². The van der Waals surface area contributed by atoms with Crippen molar-refractivity contribution in [3.8, 4) is 0 Å². The highest BCUT2D eigenvalue weighted by Gasteiger charge is 2.56. The number of fused-ring (bicyclic) bond motifs is 2. The number of nitrogens with two attached hydrogens (primary N) is 1. The Morgan fingerprint density at radius 3 is 2.33 bits per heavy atom. The Bertz CT molecular complexity index is 265. The van der Waals surface area contributed by atoms with Gasteiger partial charge in [0.05, 0.1) is 5.41 Å². The summed E-state index contributed by atoms with van der Waals surface area (Å²) in [7, 11) is 0. The van der Waals surface area contributed by atoms with Crippen molar-refractivity contribution in [2.75, 3.05) is 6.54 Å². The molecule has 3 nitrogen and oxygen atoms in total. The number of hydrogen-bond donors (Lipinski definition) is 2. The molecule has 3 heteroatoms. The van der Waals surface area contributed by atoms with Gasteiger partial charge in [0, 0.05) is 12.1 Å². The van der Waals surface area contributed by atoms with Gasteiger partial charge in [0.2, 0.25) is 5.91 Å². The summed E-state index contributed by atoms with van der Waals surface area (Å²) in [6.07, 6.45) is 4.95. The van der Waals surface area contributed by atoms with Gasteiger partial charge in [-0.3, -0.25) is 4.79 Å². The standard InChI is InChI=1S/C12H22N2O/c1-9(2)7-14-10(15)11-3-5-12(13,8-11)6-4-11/h9H,3-8,13H2,1-2H3,(H,14,15). The lowest BCUT2D eigenvalue weighted by Crippen LogP contribution is -2.39. The molecular weight excluding hydrogens is 188 g/mol. The number of hydrogen-bond acceptors (Lipinski definition) is 2. The maximum absolute atomic E-state index is 12.1. The van der Waals surface area contributed by atoms with Crippen LogP contribution in [0.4, 0.5) is 0 Å². The van der Waals surface area contributed by atoms with Crippen molar-refractivity contribution in [1.29, 1.82) is 0 Å². The fraction of sp³-hybridized carbons (Fsp3) is 0.917. The first-order valence-electron chi connectivity index (χ1n) is 6.03. The van der Waals surface area contributed by atoms with Gasteiger partial charge in [-0.1, -0.05) is 13.8 Å². The lowest BCUT2D eigenvalue weighted by atomic mass is 9.83. The van der Waals surface area contributed by atoms with E-state index in [-0.39, 0.29) is 16.9 Å². The van der Waals surface area contributed by atoms with Gasteiger partial charge in [-0.25, -0.2) is 0 Å². The monoisotopic (exact) mass is 210 g/mol. The zero-order valence-electron chi connectivity index (χ0n) is 9.81. The zero-order valence-corrected chi connectivity index (χ0v) is 9.81. The minimum absolute atomic E-state index is 0.0187. The lowest BCUT2D eigenvalue weighted by molar-refractivity contribution is -0.130. The molecule has 2 fully saturated rings. The minimum Gasteiger partial charge on any atom is -0.355 e. The Kier molecular flexibility index (Phi) is 2.53. The van der Waals surface area contributed by atoms with Gasteiger partial charge in [-0.15, -0.1) is 0 Å². The molecule has 2 aliphatic carbocycles. The molecule has 0 aromatic carbocycles. The number of rotatable bonds is 3. The van der Waals surface area contributed by atoms with Crippen molar-refractivity contribution in [3.05, 3.63) is 0 Å². The van der Waals surface area contributed by atoms with E-state index < -0.39 is 0 Å². The summed E-state index contributed by atoms with van der Waals surface area (Å²) in [5, 5.41) is 3.07. The van der Waals surface area contributed by atoms with Gasteiger partial charge in [-0.05, 0) is 38.0 Å². The second kappa shape index (κ2) is 3.48. The molecule has 0 heterocycles. The predicted molar refractivity (Wildman–Crippen MR) is 60.3 cm³/mol. The highest BCUT2D eigenvalue weighted by molar-refractivity contribution is 5.83. The van der Waals surface area contributed by atoms with Crippen LogP contribution in [0.5, 0.6) is 0 Å². The molecule has 1 amide bonds. The second-order valence-electron chi connectivity index (χ2n) is 5.92. The van der Waals surface area contributed by atoms with Crippen LogP contribution in [0.2, 0.25) is 0 Å². The van der Waals surface area contributed by atoms with Crippen molar-refractivity contribution in [3.63, 3.8) is 0 Å². The molecule has 0 spiro atoms. The summed E-state index contributed by atoms with van der Waals surface area (Å²) in [4.78, 5) is 12.1. The quantitative estimate of drug-likeness (QED) is 0.740. The predicted octanol–water partition coefficient (Wildman–Crippen LogP) is 1.42. The molecule has 0 saturated heterocycles. The molecule has 2 bridgehead atoms. The van der Waals surface area contributed by atoms with Gasteiger partial charge in [-0.2, -0.15) is 0 Å². The molecular formula is C12H22N2O. The van der Waals surface area contributed by atoms with Crippen LogP contribution < -0.4 is 11.1 Å². The molecule has 86 valence electrons. The third-order valence-corrected chi connectivity index (χ3v) is 4.05. The molecule has 0 radical (unpaired) electrons. The molecule has 2 saturated carbocycles. The van der Waals surface area contributed by atoms with Crippen molar-refractivity contribution in [2.24, 2.45) is 17.1 Å². The number of amides is 1. The van der Waals surface area contributed by atoms with Crippen LogP contribution in [0.3, 0.4) is 0 Å². The molecule has 0 aliphatic heterocycles. The van der Waals surface area contributed by atoms with E-state index in [1.807, 2.05) is 0 Å². The molecule has 0 aromatic heterocycles. The minimum atomic E-state index is -0.107. The molecule has 2 aliphatic rings. The zero-order chi connectivity index (χ0) is 11.1. The van der Waals surface area contributed by atoms with Crippen LogP contribution in [0.15, 0.2) is 0 Å². The van der Waals surface area contributed by atoms with Gasteiger partial charge < -0.3 is 11.1 Å².